The van der Waals surface area contributed by atoms with E-state index in [0.717, 1.165) is 18.5 Å². The maximum absolute atomic E-state index is 12.1. The summed E-state index contributed by atoms with van der Waals surface area (Å²) in [6.45, 7) is 3.41. The molecule has 0 fully saturated rings. The Bertz CT molecular complexity index is 516. The molecule has 0 amide bonds. The van der Waals surface area contributed by atoms with Gasteiger partial charge in [0.15, 0.2) is 5.78 Å². The summed E-state index contributed by atoms with van der Waals surface area (Å²) in [5.41, 5.74) is 2.07. The quantitative estimate of drug-likeness (QED) is 0.749. The first kappa shape index (κ1) is 14.0. The lowest BCUT2D eigenvalue weighted by Gasteiger charge is -2.14. The molecule has 0 unspecified atom stereocenters. The minimum Gasteiger partial charge on any atom is -0.294 e. The molecule has 0 radical (unpaired) electrons. The Kier molecular flexibility index (Phi) is 4.88. The van der Waals surface area contributed by atoms with Crippen LogP contribution < -0.4 is 0 Å². The van der Waals surface area contributed by atoms with Crippen LogP contribution in [-0.4, -0.2) is 24.3 Å². The summed E-state index contributed by atoms with van der Waals surface area (Å²) in [6.07, 6.45) is 1.01. The molecule has 1 heterocycles. The third-order valence-corrected chi connectivity index (χ3v) is 3.96. The Morgan fingerprint density at radius 1 is 1.21 bits per heavy atom. The summed E-state index contributed by atoms with van der Waals surface area (Å²) >= 11 is 1.73. The third kappa shape index (κ3) is 4.01. The predicted octanol–water partition coefficient (Wildman–Crippen LogP) is 3.63. The van der Waals surface area contributed by atoms with Gasteiger partial charge in [0, 0.05) is 17.0 Å². The highest BCUT2D eigenvalue weighted by molar-refractivity contribution is 7.09. The van der Waals surface area contributed by atoms with Gasteiger partial charge in [0.25, 0.3) is 0 Å². The van der Waals surface area contributed by atoms with Gasteiger partial charge in [0.05, 0.1) is 6.54 Å². The van der Waals surface area contributed by atoms with E-state index in [2.05, 4.69) is 23.3 Å². The second-order valence-corrected chi connectivity index (χ2v) is 5.76. The topological polar surface area (TPSA) is 20.3 Å². The lowest BCUT2D eigenvalue weighted by atomic mass is 10.1. The van der Waals surface area contributed by atoms with E-state index in [1.807, 2.05) is 37.4 Å². The van der Waals surface area contributed by atoms with Gasteiger partial charge in [-0.3, -0.25) is 9.69 Å². The largest absolute Gasteiger partial charge is 0.294 e. The van der Waals surface area contributed by atoms with Gasteiger partial charge in [-0.1, -0.05) is 37.3 Å². The van der Waals surface area contributed by atoms with Gasteiger partial charge in [-0.15, -0.1) is 11.3 Å². The van der Waals surface area contributed by atoms with Gasteiger partial charge in [0.1, 0.15) is 0 Å². The van der Waals surface area contributed by atoms with Crippen molar-refractivity contribution in [2.24, 2.45) is 0 Å². The summed E-state index contributed by atoms with van der Waals surface area (Å²) < 4.78 is 0. The third-order valence-electron chi connectivity index (χ3n) is 3.10. The Balaban J connectivity index is 1.92. The molecule has 1 aromatic carbocycles. The fourth-order valence-electron chi connectivity index (χ4n) is 1.99. The molecule has 0 N–H and O–H groups in total. The average molecular weight is 273 g/mol. The lowest BCUT2D eigenvalue weighted by Crippen LogP contribution is -2.25. The fourth-order valence-corrected chi connectivity index (χ4v) is 2.77. The molecular formula is C16H19NOS. The number of ketones is 1. The van der Waals surface area contributed by atoms with Gasteiger partial charge in [-0.2, -0.15) is 0 Å². The van der Waals surface area contributed by atoms with Crippen LogP contribution in [0.15, 0.2) is 41.8 Å². The second-order valence-electron chi connectivity index (χ2n) is 4.73. The molecule has 3 heteroatoms. The van der Waals surface area contributed by atoms with Crippen LogP contribution in [0.2, 0.25) is 0 Å². The van der Waals surface area contributed by atoms with E-state index < -0.39 is 0 Å². The smallest absolute Gasteiger partial charge is 0.176 e. The molecule has 0 aliphatic rings. The van der Waals surface area contributed by atoms with E-state index in [0.29, 0.717) is 6.54 Å². The molecule has 0 aliphatic carbocycles. The van der Waals surface area contributed by atoms with Crippen molar-refractivity contribution in [1.29, 1.82) is 0 Å². The first-order valence-electron chi connectivity index (χ1n) is 6.52. The molecule has 2 aromatic rings. The molecule has 2 nitrogen and oxygen atoms in total. The van der Waals surface area contributed by atoms with Crippen molar-refractivity contribution in [3.05, 3.63) is 57.8 Å². The Morgan fingerprint density at radius 2 is 1.95 bits per heavy atom. The number of nitrogens with zero attached hydrogens (tertiary/aromatic N) is 1. The van der Waals surface area contributed by atoms with Gasteiger partial charge in [-0.05, 0) is 30.5 Å². The summed E-state index contributed by atoms with van der Waals surface area (Å²) in [5, 5.41) is 2.06. The minimum atomic E-state index is 0.182. The molecule has 2 rings (SSSR count). The fraction of sp³-hybridized carbons (Fsp3) is 0.312. The van der Waals surface area contributed by atoms with Gasteiger partial charge in [0.2, 0.25) is 0 Å². The predicted molar refractivity (Wildman–Crippen MR) is 80.8 cm³/mol. The highest BCUT2D eigenvalue weighted by atomic mass is 32.1. The van der Waals surface area contributed by atoms with Crippen LogP contribution in [0.25, 0.3) is 0 Å². The number of Topliss-reactive ketones (excluding diaryl/α,β-unsaturated/α-hetero) is 1. The summed E-state index contributed by atoms with van der Waals surface area (Å²) in [6, 6.07) is 12.1. The van der Waals surface area contributed by atoms with E-state index >= 15 is 0 Å². The van der Waals surface area contributed by atoms with Crippen molar-refractivity contribution >= 4 is 17.1 Å². The summed E-state index contributed by atoms with van der Waals surface area (Å²) in [5.74, 6) is 0.182. The first-order valence-corrected chi connectivity index (χ1v) is 7.40. The van der Waals surface area contributed by atoms with Crippen LogP contribution in [0.5, 0.6) is 0 Å². The Morgan fingerprint density at radius 3 is 2.53 bits per heavy atom. The number of likely N-dealkylation sites (N-methyl/N-ethyl adjacent to an activating group) is 1. The molecule has 1 aromatic heterocycles. The van der Waals surface area contributed by atoms with Crippen molar-refractivity contribution in [1.82, 2.24) is 4.90 Å². The van der Waals surface area contributed by atoms with Crippen molar-refractivity contribution in [2.75, 3.05) is 13.6 Å². The van der Waals surface area contributed by atoms with E-state index in [4.69, 9.17) is 0 Å². The maximum Gasteiger partial charge on any atom is 0.176 e. The molecule has 0 bridgehead atoms. The number of rotatable bonds is 6. The average Bonchev–Trinajstić information content (AvgIpc) is 2.91. The normalized spacial score (nSPS) is 10.9. The lowest BCUT2D eigenvalue weighted by molar-refractivity contribution is 0.0943. The van der Waals surface area contributed by atoms with Crippen LogP contribution in [0.1, 0.15) is 27.7 Å². The number of carbonyl (C=O) groups is 1. The molecule has 0 spiro atoms. The highest BCUT2D eigenvalue weighted by Gasteiger charge is 2.10. The zero-order valence-corrected chi connectivity index (χ0v) is 12.2. The standard InChI is InChI=1S/C16H19NOS/c1-3-13-6-8-14(9-7-13)16(18)12-17(2)11-15-5-4-10-19-15/h4-10H,3,11-12H2,1-2H3. The Hall–Kier alpha value is -1.45. The number of hydrogen-bond acceptors (Lipinski definition) is 3. The molecular weight excluding hydrogens is 254 g/mol. The van der Waals surface area contributed by atoms with Crippen molar-refractivity contribution in [2.45, 2.75) is 19.9 Å². The van der Waals surface area contributed by atoms with Crippen LogP contribution in [-0.2, 0) is 13.0 Å². The summed E-state index contributed by atoms with van der Waals surface area (Å²) in [7, 11) is 1.98. The van der Waals surface area contributed by atoms with Gasteiger partial charge in [-0.25, -0.2) is 0 Å². The number of thiophene rings is 1. The second kappa shape index (κ2) is 6.64. The van der Waals surface area contributed by atoms with E-state index in [1.54, 1.807) is 11.3 Å². The van der Waals surface area contributed by atoms with E-state index in [1.165, 1.54) is 10.4 Å². The number of aryl methyl sites for hydroxylation is 1. The molecule has 100 valence electrons. The van der Waals surface area contributed by atoms with Crippen LogP contribution in [0.3, 0.4) is 0 Å². The van der Waals surface area contributed by atoms with Gasteiger partial charge < -0.3 is 0 Å². The molecule has 0 saturated heterocycles. The van der Waals surface area contributed by atoms with Crippen molar-refractivity contribution in [3.8, 4) is 0 Å². The summed E-state index contributed by atoms with van der Waals surface area (Å²) in [4.78, 5) is 15.5. The minimum absolute atomic E-state index is 0.182. The van der Waals surface area contributed by atoms with Crippen LogP contribution in [0, 0.1) is 0 Å². The molecule has 19 heavy (non-hydrogen) atoms. The molecule has 0 aliphatic heterocycles. The Labute approximate surface area is 118 Å². The SMILES string of the molecule is CCc1ccc(C(=O)CN(C)Cc2cccs2)cc1. The monoisotopic (exact) mass is 273 g/mol. The van der Waals surface area contributed by atoms with Crippen LogP contribution in [0.4, 0.5) is 0 Å². The highest BCUT2D eigenvalue weighted by Crippen LogP contribution is 2.12. The maximum atomic E-state index is 12.1. The van der Waals surface area contributed by atoms with Crippen LogP contribution >= 0.6 is 11.3 Å². The molecule has 0 atom stereocenters. The number of hydrogen-bond donors (Lipinski definition) is 0. The molecule has 0 saturated carbocycles. The first-order chi connectivity index (χ1) is 9.19. The zero-order valence-electron chi connectivity index (χ0n) is 11.4. The van der Waals surface area contributed by atoms with E-state index in [9.17, 15) is 4.79 Å². The van der Waals surface area contributed by atoms with Crippen molar-refractivity contribution in [3.63, 3.8) is 0 Å². The number of carbonyl (C=O) groups excluding carboxylic acids is 1. The number of benzene rings is 1. The van der Waals surface area contributed by atoms with E-state index in [-0.39, 0.29) is 5.78 Å². The zero-order chi connectivity index (χ0) is 13.7. The van der Waals surface area contributed by atoms with Crippen molar-refractivity contribution < 1.29 is 4.79 Å². The van der Waals surface area contributed by atoms with Gasteiger partial charge >= 0.3 is 0 Å².